The monoisotopic (exact) mass is 283 g/mol. The highest BCUT2D eigenvalue weighted by Crippen LogP contribution is 2.20. The molecule has 0 unspecified atom stereocenters. The number of aryl methyl sites for hydroxylation is 1. The van der Waals surface area contributed by atoms with Crippen LogP contribution in [0.15, 0.2) is 0 Å². The van der Waals surface area contributed by atoms with E-state index in [1.54, 1.807) is 23.7 Å². The van der Waals surface area contributed by atoms with Crippen molar-refractivity contribution in [2.75, 3.05) is 25.9 Å². The van der Waals surface area contributed by atoms with Crippen molar-refractivity contribution in [2.45, 2.75) is 31.6 Å². The molecule has 0 bridgehead atoms. The maximum Gasteiger partial charge on any atom is 0.232 e. The summed E-state index contributed by atoms with van der Waals surface area (Å²) < 4.78 is 0. The normalized spacial score (nSPS) is 16.5. The Balaban J connectivity index is 1.72. The van der Waals surface area contributed by atoms with E-state index in [0.29, 0.717) is 23.4 Å². The van der Waals surface area contributed by atoms with E-state index in [0.717, 1.165) is 31.8 Å². The quantitative estimate of drug-likeness (QED) is 0.826. The highest BCUT2D eigenvalue weighted by Gasteiger charge is 2.17. The van der Waals surface area contributed by atoms with Gasteiger partial charge in [-0.3, -0.25) is 9.89 Å². The van der Waals surface area contributed by atoms with Crippen molar-refractivity contribution < 1.29 is 4.79 Å². The van der Waals surface area contributed by atoms with Crippen LogP contribution in [0.3, 0.4) is 0 Å². The first-order valence-corrected chi connectivity index (χ1v) is 7.64. The smallest absolute Gasteiger partial charge is 0.232 e. The first kappa shape index (κ1) is 14.3. The van der Waals surface area contributed by atoms with Crippen molar-refractivity contribution in [3.8, 4) is 0 Å². The Morgan fingerprint density at radius 1 is 1.47 bits per heavy atom. The molecule has 1 aromatic rings. The Morgan fingerprint density at radius 3 is 2.84 bits per heavy atom. The van der Waals surface area contributed by atoms with Crippen LogP contribution in [0.4, 0.5) is 0 Å². The second-order valence-electron chi connectivity index (χ2n) is 4.85. The molecule has 0 radical (unpaired) electrons. The molecule has 106 valence electrons. The number of aromatic nitrogens is 3. The van der Waals surface area contributed by atoms with Crippen LogP contribution in [0.25, 0.3) is 0 Å². The minimum Gasteiger partial charge on any atom is -0.337 e. The van der Waals surface area contributed by atoms with Gasteiger partial charge in [0.1, 0.15) is 5.82 Å². The largest absolute Gasteiger partial charge is 0.337 e. The number of carbonyl (C=O) groups excluding carboxylic acids is 1. The lowest BCUT2D eigenvalue weighted by atomic mass is 10.2. The predicted octanol–water partition coefficient (Wildman–Crippen LogP) is 0.557. The van der Waals surface area contributed by atoms with Gasteiger partial charge in [0.05, 0.1) is 12.3 Å². The number of piperidine rings is 1. The second kappa shape index (κ2) is 6.91. The predicted molar refractivity (Wildman–Crippen MR) is 75.9 cm³/mol. The van der Waals surface area contributed by atoms with Crippen LogP contribution in [-0.2, 0) is 11.3 Å². The fourth-order valence-corrected chi connectivity index (χ4v) is 3.19. The number of amides is 1. The summed E-state index contributed by atoms with van der Waals surface area (Å²) in [6.45, 7) is 4.46. The fraction of sp³-hybridized carbons (Fsp3) is 0.750. The molecule has 0 aliphatic carbocycles. The van der Waals surface area contributed by atoms with E-state index in [2.05, 4.69) is 20.5 Å². The minimum atomic E-state index is 0.144. The first-order chi connectivity index (χ1) is 9.15. The van der Waals surface area contributed by atoms with Gasteiger partial charge in [-0.25, -0.2) is 4.98 Å². The first-order valence-electron chi connectivity index (χ1n) is 6.59. The van der Waals surface area contributed by atoms with Crippen LogP contribution in [0.1, 0.15) is 24.5 Å². The van der Waals surface area contributed by atoms with E-state index in [1.165, 1.54) is 0 Å². The maximum absolute atomic E-state index is 12.0. The lowest BCUT2D eigenvalue weighted by Crippen LogP contribution is -2.32. The molecule has 1 aliphatic heterocycles. The number of nitrogens with zero attached hydrogens (tertiary/aromatic N) is 3. The molecule has 1 aliphatic rings. The Bertz CT molecular complexity index is 416. The van der Waals surface area contributed by atoms with Gasteiger partial charge >= 0.3 is 0 Å². The third kappa shape index (κ3) is 4.50. The lowest BCUT2D eigenvalue weighted by molar-refractivity contribution is -0.127. The Hall–Kier alpha value is -1.08. The molecule has 1 aromatic heterocycles. The average Bonchev–Trinajstić information content (AvgIpc) is 2.82. The van der Waals surface area contributed by atoms with E-state index < -0.39 is 0 Å². The number of H-pyrrole nitrogens is 1. The molecular weight excluding hydrogens is 262 g/mol. The molecular formula is C12H21N5OS. The van der Waals surface area contributed by atoms with Crippen LogP contribution in [0.2, 0.25) is 0 Å². The highest BCUT2D eigenvalue weighted by atomic mass is 32.2. The summed E-state index contributed by atoms with van der Waals surface area (Å²) >= 11 is 1.77. The van der Waals surface area contributed by atoms with Crippen LogP contribution >= 0.6 is 11.8 Å². The molecule has 2 N–H and O–H groups in total. The molecule has 6 nitrogen and oxygen atoms in total. The summed E-state index contributed by atoms with van der Waals surface area (Å²) in [4.78, 5) is 17.9. The van der Waals surface area contributed by atoms with Crippen molar-refractivity contribution >= 4 is 17.7 Å². The molecule has 7 heteroatoms. The van der Waals surface area contributed by atoms with Crippen molar-refractivity contribution in [3.63, 3.8) is 0 Å². The summed E-state index contributed by atoms with van der Waals surface area (Å²) in [5.41, 5.74) is 0. The van der Waals surface area contributed by atoms with Gasteiger partial charge in [-0.05, 0) is 32.9 Å². The Labute approximate surface area is 117 Å². The van der Waals surface area contributed by atoms with Gasteiger partial charge in [0, 0.05) is 12.3 Å². The third-order valence-corrected chi connectivity index (χ3v) is 4.53. The van der Waals surface area contributed by atoms with Crippen LogP contribution < -0.4 is 5.32 Å². The van der Waals surface area contributed by atoms with Crippen molar-refractivity contribution in [1.29, 1.82) is 0 Å². The molecule has 0 spiro atoms. The van der Waals surface area contributed by atoms with Crippen LogP contribution in [-0.4, -0.2) is 57.1 Å². The number of nitrogens with one attached hydrogen (secondary N) is 2. The molecule has 0 aromatic carbocycles. The van der Waals surface area contributed by atoms with E-state index in [-0.39, 0.29) is 5.91 Å². The molecule has 2 heterocycles. The van der Waals surface area contributed by atoms with Gasteiger partial charge < -0.3 is 10.2 Å². The zero-order valence-electron chi connectivity index (χ0n) is 11.5. The number of rotatable bonds is 5. The summed E-state index contributed by atoms with van der Waals surface area (Å²) in [6.07, 6.45) is 2.31. The van der Waals surface area contributed by atoms with Gasteiger partial charge in [0.25, 0.3) is 0 Å². The number of thioether (sulfide) groups is 1. The second-order valence-corrected chi connectivity index (χ2v) is 6.14. The molecule has 1 fully saturated rings. The molecule has 0 saturated carbocycles. The zero-order chi connectivity index (χ0) is 13.7. The standard InChI is InChI=1S/C12H21N5OS/c1-9-14-11(16-15-9)7-17(2)12(18)8-19-10-3-5-13-6-4-10/h10,13H,3-8H2,1-2H3,(H,14,15,16). The van der Waals surface area contributed by atoms with E-state index in [4.69, 9.17) is 0 Å². The van der Waals surface area contributed by atoms with Gasteiger partial charge in [0.15, 0.2) is 5.82 Å². The summed E-state index contributed by atoms with van der Waals surface area (Å²) in [6, 6.07) is 0. The van der Waals surface area contributed by atoms with Gasteiger partial charge in [-0.15, -0.1) is 11.8 Å². The van der Waals surface area contributed by atoms with E-state index >= 15 is 0 Å². The topological polar surface area (TPSA) is 73.9 Å². The minimum absolute atomic E-state index is 0.144. The van der Waals surface area contributed by atoms with E-state index in [1.807, 2.05) is 6.92 Å². The molecule has 0 atom stereocenters. The zero-order valence-corrected chi connectivity index (χ0v) is 12.3. The van der Waals surface area contributed by atoms with Crippen molar-refractivity contribution in [3.05, 3.63) is 11.6 Å². The molecule has 1 amide bonds. The molecule has 1 saturated heterocycles. The number of carbonyl (C=O) groups is 1. The van der Waals surface area contributed by atoms with Crippen LogP contribution in [0.5, 0.6) is 0 Å². The van der Waals surface area contributed by atoms with Crippen LogP contribution in [0, 0.1) is 6.92 Å². The van der Waals surface area contributed by atoms with E-state index in [9.17, 15) is 4.79 Å². The van der Waals surface area contributed by atoms with Crippen molar-refractivity contribution in [2.24, 2.45) is 0 Å². The van der Waals surface area contributed by atoms with Gasteiger partial charge in [-0.1, -0.05) is 0 Å². The SMILES string of the molecule is Cc1nc(CN(C)C(=O)CSC2CCNCC2)n[nH]1. The lowest BCUT2D eigenvalue weighted by Gasteiger charge is -2.23. The summed E-state index contributed by atoms with van der Waals surface area (Å²) in [5.74, 6) is 2.14. The number of hydrogen-bond acceptors (Lipinski definition) is 5. The summed E-state index contributed by atoms with van der Waals surface area (Å²) in [5, 5.41) is 10.8. The highest BCUT2D eigenvalue weighted by molar-refractivity contribution is 8.00. The number of hydrogen-bond donors (Lipinski definition) is 2. The van der Waals surface area contributed by atoms with Crippen molar-refractivity contribution in [1.82, 2.24) is 25.4 Å². The van der Waals surface area contributed by atoms with Gasteiger partial charge in [0.2, 0.25) is 5.91 Å². The average molecular weight is 283 g/mol. The Kier molecular flexibility index (Phi) is 5.21. The third-order valence-electron chi connectivity index (χ3n) is 3.18. The molecule has 2 rings (SSSR count). The summed E-state index contributed by atoms with van der Waals surface area (Å²) in [7, 11) is 1.80. The maximum atomic E-state index is 12.0. The Morgan fingerprint density at radius 2 is 2.21 bits per heavy atom. The molecule has 19 heavy (non-hydrogen) atoms. The van der Waals surface area contributed by atoms with Gasteiger partial charge in [-0.2, -0.15) is 5.10 Å². The number of aromatic amines is 1. The fourth-order valence-electron chi connectivity index (χ4n) is 2.02.